The number of morpholine rings is 1. The van der Waals surface area contributed by atoms with Crippen molar-refractivity contribution in [2.75, 3.05) is 26.2 Å². The van der Waals surface area contributed by atoms with Gasteiger partial charge in [0.1, 0.15) is 0 Å². The van der Waals surface area contributed by atoms with Crippen LogP contribution in [0, 0.1) is 0 Å². The number of halogens is 1. The monoisotopic (exact) mass is 330 g/mol. The number of nitrogens with one attached hydrogen (secondary N) is 1. The van der Waals surface area contributed by atoms with Crippen molar-refractivity contribution >= 4 is 27.3 Å². The molecule has 18 heavy (non-hydrogen) atoms. The number of thiophene rings is 1. The molecule has 1 saturated carbocycles. The highest BCUT2D eigenvalue weighted by Crippen LogP contribution is 2.28. The molecule has 2 aliphatic rings. The van der Waals surface area contributed by atoms with E-state index in [0.29, 0.717) is 6.10 Å². The highest BCUT2D eigenvalue weighted by molar-refractivity contribution is 9.10. The van der Waals surface area contributed by atoms with Crippen LogP contribution in [0.2, 0.25) is 0 Å². The fourth-order valence-corrected chi connectivity index (χ4v) is 3.86. The minimum absolute atomic E-state index is 0.364. The van der Waals surface area contributed by atoms with Crippen LogP contribution in [0.3, 0.4) is 0 Å². The van der Waals surface area contributed by atoms with Gasteiger partial charge in [0.05, 0.1) is 12.7 Å². The molecule has 2 fully saturated rings. The van der Waals surface area contributed by atoms with Crippen molar-refractivity contribution in [1.29, 1.82) is 0 Å². The van der Waals surface area contributed by atoms with Crippen LogP contribution in [0.5, 0.6) is 0 Å². The molecule has 1 atom stereocenters. The van der Waals surface area contributed by atoms with E-state index in [1.165, 1.54) is 22.2 Å². The third kappa shape index (κ3) is 3.54. The van der Waals surface area contributed by atoms with Gasteiger partial charge in [0, 0.05) is 47.0 Å². The van der Waals surface area contributed by atoms with Gasteiger partial charge in [-0.2, -0.15) is 0 Å². The summed E-state index contributed by atoms with van der Waals surface area (Å²) < 4.78 is 7.00. The van der Waals surface area contributed by atoms with Crippen molar-refractivity contribution in [1.82, 2.24) is 10.2 Å². The highest BCUT2D eigenvalue weighted by atomic mass is 79.9. The van der Waals surface area contributed by atoms with E-state index in [9.17, 15) is 0 Å². The minimum Gasteiger partial charge on any atom is -0.374 e. The Labute approximate surface area is 121 Å². The predicted octanol–water partition coefficient (Wildman–Crippen LogP) is 2.46. The van der Waals surface area contributed by atoms with E-state index in [2.05, 4.69) is 37.6 Å². The Hall–Kier alpha value is 0.0600. The van der Waals surface area contributed by atoms with Crippen molar-refractivity contribution in [2.45, 2.75) is 31.5 Å². The van der Waals surface area contributed by atoms with Gasteiger partial charge in [0.2, 0.25) is 0 Å². The first-order valence-corrected chi connectivity index (χ1v) is 8.28. The molecule has 3 nitrogen and oxygen atoms in total. The average molecular weight is 331 g/mol. The zero-order valence-electron chi connectivity index (χ0n) is 10.4. The first-order chi connectivity index (χ1) is 8.81. The molecule has 1 aliphatic carbocycles. The lowest BCUT2D eigenvalue weighted by atomic mass is 10.2. The Balaban J connectivity index is 1.39. The smallest absolute Gasteiger partial charge is 0.0826 e. The average Bonchev–Trinajstić information content (AvgIpc) is 3.14. The second-order valence-electron chi connectivity index (χ2n) is 5.08. The molecule has 5 heteroatoms. The van der Waals surface area contributed by atoms with E-state index in [1.807, 2.05) is 0 Å². The van der Waals surface area contributed by atoms with Crippen LogP contribution < -0.4 is 5.32 Å². The summed E-state index contributed by atoms with van der Waals surface area (Å²) in [6.45, 7) is 5.02. The lowest BCUT2D eigenvalue weighted by molar-refractivity contribution is -0.0301. The van der Waals surface area contributed by atoms with Crippen LogP contribution in [-0.2, 0) is 11.3 Å². The maximum atomic E-state index is 5.82. The molecule has 0 radical (unpaired) electrons. The van der Waals surface area contributed by atoms with Crippen LogP contribution in [0.15, 0.2) is 15.9 Å². The van der Waals surface area contributed by atoms with Crippen LogP contribution in [0.4, 0.5) is 0 Å². The molecular weight excluding hydrogens is 312 g/mol. The molecule has 0 spiro atoms. The number of hydrogen-bond acceptors (Lipinski definition) is 4. The normalized spacial score (nSPS) is 25.5. The summed E-state index contributed by atoms with van der Waals surface area (Å²) in [4.78, 5) is 3.97. The van der Waals surface area contributed by atoms with Crippen LogP contribution in [-0.4, -0.2) is 43.3 Å². The van der Waals surface area contributed by atoms with Gasteiger partial charge in [-0.15, -0.1) is 11.3 Å². The quantitative estimate of drug-likeness (QED) is 0.897. The zero-order chi connectivity index (χ0) is 12.4. The minimum atomic E-state index is 0.364. The second kappa shape index (κ2) is 6.01. The molecule has 1 saturated heterocycles. The Morgan fingerprint density at radius 2 is 2.39 bits per heavy atom. The molecule has 0 aromatic carbocycles. The molecule has 0 bridgehead atoms. The largest absolute Gasteiger partial charge is 0.374 e. The van der Waals surface area contributed by atoms with Crippen LogP contribution >= 0.6 is 27.3 Å². The van der Waals surface area contributed by atoms with E-state index in [4.69, 9.17) is 4.74 Å². The van der Waals surface area contributed by atoms with Gasteiger partial charge < -0.3 is 10.1 Å². The molecule has 1 unspecified atom stereocenters. The van der Waals surface area contributed by atoms with Gasteiger partial charge >= 0.3 is 0 Å². The third-order valence-corrected chi connectivity index (χ3v) is 5.22. The standard InChI is InChI=1S/C13H19BrN2OS/c14-10-5-13(18-9-10)7-15-6-12-8-16(3-4-17-12)11-1-2-11/h5,9,11-12,15H,1-4,6-8H2. The molecule has 100 valence electrons. The molecule has 1 aromatic heterocycles. The molecule has 1 aromatic rings. The summed E-state index contributed by atoms with van der Waals surface area (Å²) in [7, 11) is 0. The van der Waals surface area contributed by atoms with Crippen LogP contribution in [0.25, 0.3) is 0 Å². The lowest BCUT2D eigenvalue weighted by Crippen LogP contribution is -2.47. The van der Waals surface area contributed by atoms with E-state index >= 15 is 0 Å². The highest BCUT2D eigenvalue weighted by Gasteiger charge is 2.32. The number of rotatable bonds is 5. The molecule has 3 rings (SSSR count). The van der Waals surface area contributed by atoms with Crippen molar-refractivity contribution in [3.8, 4) is 0 Å². The summed E-state index contributed by atoms with van der Waals surface area (Å²) in [6, 6.07) is 3.04. The van der Waals surface area contributed by atoms with Gasteiger partial charge in [-0.3, -0.25) is 4.90 Å². The first kappa shape index (κ1) is 13.1. The summed E-state index contributed by atoms with van der Waals surface area (Å²) in [6.07, 6.45) is 3.15. The van der Waals surface area contributed by atoms with Gasteiger partial charge in [-0.1, -0.05) is 0 Å². The topological polar surface area (TPSA) is 24.5 Å². The van der Waals surface area contributed by atoms with Gasteiger partial charge in [-0.05, 0) is 34.8 Å². The van der Waals surface area contributed by atoms with Crippen molar-refractivity contribution in [2.24, 2.45) is 0 Å². The predicted molar refractivity (Wildman–Crippen MR) is 78.1 cm³/mol. The molecule has 1 aliphatic heterocycles. The molecule has 1 N–H and O–H groups in total. The van der Waals surface area contributed by atoms with Crippen molar-refractivity contribution < 1.29 is 4.74 Å². The summed E-state index contributed by atoms with van der Waals surface area (Å²) >= 11 is 5.27. The Morgan fingerprint density at radius 1 is 1.50 bits per heavy atom. The van der Waals surface area contributed by atoms with Gasteiger partial charge in [-0.25, -0.2) is 0 Å². The Morgan fingerprint density at radius 3 is 3.11 bits per heavy atom. The lowest BCUT2D eigenvalue weighted by Gasteiger charge is -2.33. The fraction of sp³-hybridized carbons (Fsp3) is 0.692. The van der Waals surface area contributed by atoms with Crippen molar-refractivity contribution in [3.05, 3.63) is 20.8 Å². The van der Waals surface area contributed by atoms with E-state index in [-0.39, 0.29) is 0 Å². The van der Waals surface area contributed by atoms with E-state index in [0.717, 1.165) is 38.8 Å². The van der Waals surface area contributed by atoms with Crippen molar-refractivity contribution in [3.63, 3.8) is 0 Å². The number of hydrogen-bond donors (Lipinski definition) is 1. The number of ether oxygens (including phenoxy) is 1. The maximum Gasteiger partial charge on any atom is 0.0826 e. The maximum absolute atomic E-state index is 5.82. The van der Waals surface area contributed by atoms with E-state index in [1.54, 1.807) is 11.3 Å². The molecule has 0 amide bonds. The molecular formula is C13H19BrN2OS. The number of nitrogens with zero attached hydrogens (tertiary/aromatic N) is 1. The Kier molecular flexibility index (Phi) is 4.36. The SMILES string of the molecule is Brc1csc(CNCC2CN(C3CC3)CCO2)c1. The summed E-state index contributed by atoms with van der Waals surface area (Å²) in [5, 5.41) is 5.63. The third-order valence-electron chi connectivity index (χ3n) is 3.53. The summed E-state index contributed by atoms with van der Waals surface area (Å²) in [5.74, 6) is 0. The van der Waals surface area contributed by atoms with Gasteiger partial charge in [0.15, 0.2) is 0 Å². The summed E-state index contributed by atoms with van der Waals surface area (Å²) in [5.41, 5.74) is 0. The molecule has 2 heterocycles. The zero-order valence-corrected chi connectivity index (χ0v) is 12.8. The fourth-order valence-electron chi connectivity index (χ4n) is 2.44. The van der Waals surface area contributed by atoms with Gasteiger partial charge in [0.25, 0.3) is 0 Å². The first-order valence-electron chi connectivity index (χ1n) is 6.60. The Bertz CT molecular complexity index is 394. The second-order valence-corrected chi connectivity index (χ2v) is 6.99. The van der Waals surface area contributed by atoms with E-state index < -0.39 is 0 Å². The van der Waals surface area contributed by atoms with Crippen LogP contribution in [0.1, 0.15) is 17.7 Å².